The number of benzene rings is 1. The summed E-state index contributed by atoms with van der Waals surface area (Å²) in [6.07, 6.45) is 3.10. The van der Waals surface area contributed by atoms with Gasteiger partial charge in [-0.3, -0.25) is 0 Å². The molecule has 0 amide bonds. The Balaban J connectivity index is 2.37. The standard InChI is InChI=1S/C14H18FNO2/c1-9-7-12(15)11(8-10(9)14(17)18-2)13-5-3-4-6-16-13/h7-8,13,16H,3-6H2,1-2H3. The lowest BCUT2D eigenvalue weighted by atomic mass is 9.94. The number of rotatable bonds is 2. The number of nitrogens with one attached hydrogen (secondary N) is 1. The second-order valence-electron chi connectivity index (χ2n) is 4.68. The number of ether oxygens (including phenoxy) is 1. The van der Waals surface area contributed by atoms with Gasteiger partial charge in [0.1, 0.15) is 5.82 Å². The van der Waals surface area contributed by atoms with Crippen LogP contribution in [0.3, 0.4) is 0 Å². The van der Waals surface area contributed by atoms with Crippen molar-refractivity contribution in [3.8, 4) is 0 Å². The van der Waals surface area contributed by atoms with Gasteiger partial charge in [-0.05, 0) is 44.0 Å². The molecule has 1 aromatic carbocycles. The summed E-state index contributed by atoms with van der Waals surface area (Å²) in [6.45, 7) is 2.61. The molecule has 0 bridgehead atoms. The Labute approximate surface area is 106 Å². The first kappa shape index (κ1) is 13.0. The maximum atomic E-state index is 14.0. The van der Waals surface area contributed by atoms with Crippen molar-refractivity contribution in [2.75, 3.05) is 13.7 Å². The molecule has 1 aliphatic heterocycles. The molecule has 1 atom stereocenters. The molecule has 1 unspecified atom stereocenters. The summed E-state index contributed by atoms with van der Waals surface area (Å²) in [5, 5.41) is 3.29. The van der Waals surface area contributed by atoms with Crippen molar-refractivity contribution < 1.29 is 13.9 Å². The smallest absolute Gasteiger partial charge is 0.338 e. The van der Waals surface area contributed by atoms with Crippen LogP contribution < -0.4 is 5.32 Å². The van der Waals surface area contributed by atoms with E-state index in [9.17, 15) is 9.18 Å². The predicted molar refractivity (Wildman–Crippen MR) is 67.1 cm³/mol. The number of hydrogen-bond acceptors (Lipinski definition) is 3. The second kappa shape index (κ2) is 5.48. The first-order valence-corrected chi connectivity index (χ1v) is 6.25. The van der Waals surface area contributed by atoms with Crippen LogP contribution in [-0.2, 0) is 4.74 Å². The van der Waals surface area contributed by atoms with E-state index in [0.717, 1.165) is 25.8 Å². The van der Waals surface area contributed by atoms with E-state index in [0.29, 0.717) is 16.7 Å². The van der Waals surface area contributed by atoms with Gasteiger partial charge in [0.05, 0.1) is 12.7 Å². The molecule has 18 heavy (non-hydrogen) atoms. The number of carbonyl (C=O) groups is 1. The molecule has 98 valence electrons. The van der Waals surface area contributed by atoms with E-state index in [1.165, 1.54) is 13.2 Å². The van der Waals surface area contributed by atoms with Crippen LogP contribution in [0.25, 0.3) is 0 Å². The van der Waals surface area contributed by atoms with Gasteiger partial charge in [-0.15, -0.1) is 0 Å². The minimum Gasteiger partial charge on any atom is -0.465 e. The van der Waals surface area contributed by atoms with Crippen molar-refractivity contribution in [3.63, 3.8) is 0 Å². The van der Waals surface area contributed by atoms with Crippen LogP contribution in [0.4, 0.5) is 4.39 Å². The highest BCUT2D eigenvalue weighted by Crippen LogP contribution is 2.27. The molecule has 3 nitrogen and oxygen atoms in total. The van der Waals surface area contributed by atoms with Crippen LogP contribution in [-0.4, -0.2) is 19.6 Å². The molecule has 1 aliphatic rings. The zero-order valence-corrected chi connectivity index (χ0v) is 10.8. The van der Waals surface area contributed by atoms with Gasteiger partial charge >= 0.3 is 5.97 Å². The van der Waals surface area contributed by atoms with Gasteiger partial charge in [-0.2, -0.15) is 0 Å². The van der Waals surface area contributed by atoms with Crippen LogP contribution in [0.1, 0.15) is 46.8 Å². The van der Waals surface area contributed by atoms with E-state index in [1.54, 1.807) is 13.0 Å². The fourth-order valence-corrected chi connectivity index (χ4v) is 2.40. The third-order valence-electron chi connectivity index (χ3n) is 3.43. The topological polar surface area (TPSA) is 38.3 Å². The number of esters is 1. The maximum Gasteiger partial charge on any atom is 0.338 e. The highest BCUT2D eigenvalue weighted by Gasteiger charge is 2.21. The number of halogens is 1. The first-order valence-electron chi connectivity index (χ1n) is 6.25. The van der Waals surface area contributed by atoms with Crippen molar-refractivity contribution >= 4 is 5.97 Å². The van der Waals surface area contributed by atoms with Crippen LogP contribution in [0.15, 0.2) is 12.1 Å². The molecule has 1 saturated heterocycles. The molecular formula is C14H18FNO2. The molecule has 0 radical (unpaired) electrons. The van der Waals surface area contributed by atoms with Crippen LogP contribution in [0.5, 0.6) is 0 Å². The van der Waals surface area contributed by atoms with Gasteiger partial charge in [-0.1, -0.05) is 6.42 Å². The Hall–Kier alpha value is -1.42. The largest absolute Gasteiger partial charge is 0.465 e. The summed E-state index contributed by atoms with van der Waals surface area (Å²) >= 11 is 0. The summed E-state index contributed by atoms with van der Waals surface area (Å²) in [5.74, 6) is -0.663. The Bertz CT molecular complexity index is 453. The quantitative estimate of drug-likeness (QED) is 0.821. The van der Waals surface area contributed by atoms with Gasteiger partial charge in [0, 0.05) is 11.6 Å². The lowest BCUT2D eigenvalue weighted by molar-refractivity contribution is 0.0599. The molecule has 1 heterocycles. The van der Waals surface area contributed by atoms with Crippen LogP contribution in [0, 0.1) is 12.7 Å². The number of methoxy groups -OCH3 is 1. The van der Waals surface area contributed by atoms with Gasteiger partial charge < -0.3 is 10.1 Å². The molecule has 2 rings (SSSR count). The zero-order chi connectivity index (χ0) is 13.1. The molecule has 0 spiro atoms. The maximum absolute atomic E-state index is 14.0. The van der Waals surface area contributed by atoms with Crippen LogP contribution in [0.2, 0.25) is 0 Å². The minimum atomic E-state index is -0.412. The van der Waals surface area contributed by atoms with Crippen molar-refractivity contribution in [2.24, 2.45) is 0 Å². The normalized spacial score (nSPS) is 19.6. The summed E-state index contributed by atoms with van der Waals surface area (Å²) in [5.41, 5.74) is 1.63. The molecule has 1 aromatic rings. The molecule has 0 aliphatic carbocycles. The number of carbonyl (C=O) groups excluding carboxylic acids is 1. The average Bonchev–Trinajstić information content (AvgIpc) is 2.39. The number of hydrogen-bond donors (Lipinski definition) is 1. The van der Waals surface area contributed by atoms with Gasteiger partial charge in [0.2, 0.25) is 0 Å². The van der Waals surface area contributed by atoms with E-state index in [1.807, 2.05) is 0 Å². The van der Waals surface area contributed by atoms with E-state index in [4.69, 9.17) is 4.74 Å². The Morgan fingerprint density at radius 1 is 1.44 bits per heavy atom. The number of aryl methyl sites for hydroxylation is 1. The highest BCUT2D eigenvalue weighted by atomic mass is 19.1. The van der Waals surface area contributed by atoms with Gasteiger partial charge in [0.25, 0.3) is 0 Å². The SMILES string of the molecule is COC(=O)c1cc(C2CCCCN2)c(F)cc1C. The molecule has 0 saturated carbocycles. The Morgan fingerprint density at radius 3 is 2.83 bits per heavy atom. The summed E-state index contributed by atoms with van der Waals surface area (Å²) in [7, 11) is 1.34. The minimum absolute atomic E-state index is 0.00255. The lowest BCUT2D eigenvalue weighted by Crippen LogP contribution is -2.27. The highest BCUT2D eigenvalue weighted by molar-refractivity contribution is 5.91. The fraction of sp³-hybridized carbons (Fsp3) is 0.500. The third-order valence-corrected chi connectivity index (χ3v) is 3.43. The monoisotopic (exact) mass is 251 g/mol. The molecule has 1 N–H and O–H groups in total. The van der Waals surface area contributed by atoms with Crippen molar-refractivity contribution in [1.29, 1.82) is 0 Å². The van der Waals surface area contributed by atoms with Crippen molar-refractivity contribution in [2.45, 2.75) is 32.2 Å². The summed E-state index contributed by atoms with van der Waals surface area (Å²) in [4.78, 5) is 11.6. The summed E-state index contributed by atoms with van der Waals surface area (Å²) in [6, 6.07) is 3.04. The first-order chi connectivity index (χ1) is 8.63. The predicted octanol–water partition coefficient (Wildman–Crippen LogP) is 2.74. The average molecular weight is 251 g/mol. The zero-order valence-electron chi connectivity index (χ0n) is 10.8. The van der Waals surface area contributed by atoms with E-state index in [-0.39, 0.29) is 11.9 Å². The Morgan fingerprint density at radius 2 is 2.22 bits per heavy atom. The molecular weight excluding hydrogens is 233 g/mol. The van der Waals surface area contributed by atoms with E-state index in [2.05, 4.69) is 5.32 Å². The van der Waals surface area contributed by atoms with E-state index < -0.39 is 5.97 Å². The van der Waals surface area contributed by atoms with Gasteiger partial charge in [-0.25, -0.2) is 9.18 Å². The second-order valence-corrected chi connectivity index (χ2v) is 4.68. The van der Waals surface area contributed by atoms with Crippen molar-refractivity contribution in [3.05, 3.63) is 34.6 Å². The molecule has 1 fully saturated rings. The van der Waals surface area contributed by atoms with Crippen molar-refractivity contribution in [1.82, 2.24) is 5.32 Å². The summed E-state index contributed by atoms with van der Waals surface area (Å²) < 4.78 is 18.7. The fourth-order valence-electron chi connectivity index (χ4n) is 2.40. The third kappa shape index (κ3) is 2.53. The lowest BCUT2D eigenvalue weighted by Gasteiger charge is -2.24. The van der Waals surface area contributed by atoms with E-state index >= 15 is 0 Å². The molecule has 4 heteroatoms. The van der Waals surface area contributed by atoms with Gasteiger partial charge in [0.15, 0.2) is 0 Å². The van der Waals surface area contributed by atoms with Crippen LogP contribution >= 0.6 is 0 Å². The molecule has 0 aromatic heterocycles. The Kier molecular flexibility index (Phi) is 3.97. The number of piperidine rings is 1.